The van der Waals surface area contributed by atoms with Gasteiger partial charge >= 0.3 is 0 Å². The zero-order chi connectivity index (χ0) is 17.9. The summed E-state index contributed by atoms with van der Waals surface area (Å²) in [5.41, 5.74) is 0. The average Bonchev–Trinajstić information content (AvgIpc) is 2.59. The Balaban J connectivity index is 3.32. The van der Waals surface area contributed by atoms with Gasteiger partial charge < -0.3 is 0 Å². The van der Waals surface area contributed by atoms with Crippen LogP contribution < -0.4 is 0 Å². The van der Waals surface area contributed by atoms with Crippen LogP contribution in [0.25, 0.3) is 0 Å². The number of unbranched alkanes of at least 4 members (excludes halogenated alkanes) is 14. The normalized spacial score (nSPS) is 14.0. The van der Waals surface area contributed by atoms with Crippen LogP contribution in [0.4, 0.5) is 0 Å². The third-order valence-corrected chi connectivity index (χ3v) is 5.52. The zero-order valence-electron chi connectivity index (χ0n) is 17.3. The molecule has 2 unspecified atom stereocenters. The van der Waals surface area contributed by atoms with Crippen molar-refractivity contribution in [1.29, 1.82) is 0 Å². The molecule has 0 aromatic rings. The second-order valence-electron chi connectivity index (χ2n) is 8.05. The molecule has 0 heterocycles. The molecule has 0 bridgehead atoms. The molecule has 0 aliphatic carbocycles. The molecule has 0 spiro atoms. The molecule has 0 fully saturated rings. The Morgan fingerprint density at radius 1 is 0.417 bits per heavy atom. The smallest absolute Gasteiger partial charge is 0.0386 e. The van der Waals surface area contributed by atoms with E-state index in [1.165, 1.54) is 116 Å². The minimum atomic E-state index is 0.578. The van der Waals surface area contributed by atoms with E-state index in [4.69, 9.17) is 0 Å². The van der Waals surface area contributed by atoms with E-state index in [1.807, 2.05) is 0 Å². The topological polar surface area (TPSA) is 0 Å². The summed E-state index contributed by atoms with van der Waals surface area (Å²) in [5.74, 6) is 1.16. The molecular weight excluding hydrogens is 288 g/mol. The van der Waals surface area contributed by atoms with Crippen molar-refractivity contribution in [1.82, 2.24) is 0 Å². The highest BCUT2D eigenvalue weighted by Crippen LogP contribution is 2.23. The van der Waals surface area contributed by atoms with Crippen LogP contribution in [0.1, 0.15) is 129 Å². The van der Waals surface area contributed by atoms with E-state index in [9.17, 15) is 0 Å². The Morgan fingerprint density at radius 2 is 0.667 bits per heavy atom. The number of rotatable bonds is 19. The third-order valence-electron chi connectivity index (χ3n) is 5.52. The van der Waals surface area contributed by atoms with Crippen molar-refractivity contribution in [2.24, 2.45) is 11.8 Å². The minimum Gasteiger partial charge on any atom is -0.0654 e. The molecule has 144 valence electrons. The van der Waals surface area contributed by atoms with Crippen molar-refractivity contribution in [2.75, 3.05) is 0 Å². The molecule has 0 nitrogen and oxygen atoms in total. The van der Waals surface area contributed by atoms with Gasteiger partial charge in [-0.25, -0.2) is 0 Å². The first kappa shape index (κ1) is 24.0. The Kier molecular flexibility index (Phi) is 19.3. The summed E-state index contributed by atoms with van der Waals surface area (Å²) in [7, 11) is 0. The van der Waals surface area contributed by atoms with E-state index in [2.05, 4.69) is 27.7 Å². The lowest BCUT2D eigenvalue weighted by Gasteiger charge is -2.19. The maximum Gasteiger partial charge on any atom is -0.0386 e. The van der Waals surface area contributed by atoms with Gasteiger partial charge in [0.05, 0.1) is 0 Å². The Bertz CT molecular complexity index is 196. The quantitative estimate of drug-likeness (QED) is 0.206. The molecule has 0 aromatic heterocycles. The van der Waals surface area contributed by atoms with Gasteiger partial charge in [0, 0.05) is 0 Å². The van der Waals surface area contributed by atoms with Crippen molar-refractivity contribution in [3.63, 3.8) is 0 Å². The molecule has 2 atom stereocenters. The molecule has 0 aromatic carbocycles. The Morgan fingerprint density at radius 3 is 0.958 bits per heavy atom. The zero-order valence-corrected chi connectivity index (χ0v) is 17.3. The Hall–Kier alpha value is 0. The molecule has 2 radical (unpaired) electrons. The van der Waals surface area contributed by atoms with Crippen LogP contribution in [0, 0.1) is 25.7 Å². The maximum atomic E-state index is 4.38. The largest absolute Gasteiger partial charge is 0.0654 e. The van der Waals surface area contributed by atoms with Gasteiger partial charge in [0.15, 0.2) is 0 Å². The van der Waals surface area contributed by atoms with Gasteiger partial charge in [-0.05, 0) is 25.7 Å². The molecule has 0 N–H and O–H groups in total. The second-order valence-corrected chi connectivity index (χ2v) is 8.05. The van der Waals surface area contributed by atoms with Gasteiger partial charge in [-0.1, -0.05) is 129 Å². The van der Waals surface area contributed by atoms with Gasteiger partial charge in [-0.2, -0.15) is 0 Å². The molecule has 0 aliphatic rings. The fourth-order valence-corrected chi connectivity index (χ4v) is 3.55. The number of hydrogen-bond donors (Lipinski definition) is 0. The highest BCUT2D eigenvalue weighted by atomic mass is 14.2. The van der Waals surface area contributed by atoms with Gasteiger partial charge in [0.25, 0.3) is 0 Å². The van der Waals surface area contributed by atoms with E-state index in [-0.39, 0.29) is 0 Å². The number of hydrogen-bond acceptors (Lipinski definition) is 0. The SMILES string of the molecule is [CH2]C(CCCCCCCCCC)C([CH2])CCCCCCCCCC. The van der Waals surface area contributed by atoms with Crippen molar-refractivity contribution in [3.05, 3.63) is 13.8 Å². The van der Waals surface area contributed by atoms with Crippen LogP contribution in [-0.4, -0.2) is 0 Å². The van der Waals surface area contributed by atoms with E-state index >= 15 is 0 Å². The molecule has 0 saturated heterocycles. The molecule has 0 aliphatic heterocycles. The van der Waals surface area contributed by atoms with Crippen molar-refractivity contribution in [2.45, 2.75) is 129 Å². The second kappa shape index (κ2) is 19.3. The summed E-state index contributed by atoms with van der Waals surface area (Å²) >= 11 is 0. The molecular formula is C24H48. The van der Waals surface area contributed by atoms with Gasteiger partial charge in [-0.3, -0.25) is 0 Å². The average molecular weight is 337 g/mol. The van der Waals surface area contributed by atoms with Crippen molar-refractivity contribution < 1.29 is 0 Å². The van der Waals surface area contributed by atoms with Crippen LogP contribution in [-0.2, 0) is 0 Å². The highest BCUT2D eigenvalue weighted by Gasteiger charge is 2.11. The van der Waals surface area contributed by atoms with Crippen molar-refractivity contribution in [3.8, 4) is 0 Å². The Labute approximate surface area is 155 Å². The summed E-state index contributed by atoms with van der Waals surface area (Å²) in [6.45, 7) is 13.3. The molecule has 0 amide bonds. The first-order valence-corrected chi connectivity index (χ1v) is 11.4. The predicted octanol–water partition coefficient (Wildman–Crippen LogP) is 8.95. The van der Waals surface area contributed by atoms with Crippen LogP contribution in [0.2, 0.25) is 0 Å². The van der Waals surface area contributed by atoms with Crippen LogP contribution in [0.15, 0.2) is 0 Å². The standard InChI is InChI=1S/C24H48/c1-5-7-9-11-13-15-17-19-21-23(3)24(4)22-20-18-16-14-12-10-8-6-2/h23-24H,3-22H2,1-2H3. The van der Waals surface area contributed by atoms with E-state index in [0.717, 1.165) is 0 Å². The highest BCUT2D eigenvalue weighted by molar-refractivity contribution is 4.74. The fraction of sp³-hybridized carbons (Fsp3) is 0.917. The van der Waals surface area contributed by atoms with Gasteiger partial charge in [0.1, 0.15) is 0 Å². The van der Waals surface area contributed by atoms with E-state index in [1.54, 1.807) is 0 Å². The lowest BCUT2D eigenvalue weighted by Crippen LogP contribution is -2.08. The van der Waals surface area contributed by atoms with E-state index in [0.29, 0.717) is 11.8 Å². The predicted molar refractivity (Wildman–Crippen MR) is 112 cm³/mol. The lowest BCUT2D eigenvalue weighted by atomic mass is 9.86. The summed E-state index contributed by atoms with van der Waals surface area (Å²) in [5, 5.41) is 0. The molecule has 0 saturated carbocycles. The maximum absolute atomic E-state index is 4.38. The van der Waals surface area contributed by atoms with Gasteiger partial charge in [-0.15, -0.1) is 0 Å². The third kappa shape index (κ3) is 16.8. The lowest BCUT2D eigenvalue weighted by molar-refractivity contribution is 0.380. The van der Waals surface area contributed by atoms with Crippen molar-refractivity contribution >= 4 is 0 Å². The summed E-state index contributed by atoms with van der Waals surface area (Å²) in [6, 6.07) is 0. The first-order chi connectivity index (χ1) is 11.7. The van der Waals surface area contributed by atoms with Crippen LogP contribution in [0.5, 0.6) is 0 Å². The van der Waals surface area contributed by atoms with E-state index < -0.39 is 0 Å². The first-order valence-electron chi connectivity index (χ1n) is 11.4. The summed E-state index contributed by atoms with van der Waals surface area (Å²) < 4.78 is 0. The summed E-state index contributed by atoms with van der Waals surface area (Å²) in [4.78, 5) is 0. The fourth-order valence-electron chi connectivity index (χ4n) is 3.55. The van der Waals surface area contributed by atoms with Gasteiger partial charge in [0.2, 0.25) is 0 Å². The minimum absolute atomic E-state index is 0.578. The molecule has 24 heavy (non-hydrogen) atoms. The monoisotopic (exact) mass is 336 g/mol. The summed E-state index contributed by atoms with van der Waals surface area (Å²) in [6.07, 6.45) is 25.2. The molecule has 0 rings (SSSR count). The molecule has 0 heteroatoms. The van der Waals surface area contributed by atoms with Crippen LogP contribution in [0.3, 0.4) is 0 Å². The van der Waals surface area contributed by atoms with Crippen LogP contribution >= 0.6 is 0 Å².